The van der Waals surface area contributed by atoms with Gasteiger partial charge in [0.1, 0.15) is 5.82 Å². The van der Waals surface area contributed by atoms with Crippen molar-refractivity contribution in [3.63, 3.8) is 0 Å². The molecule has 2 aliphatic rings. The number of aryl methyl sites for hydroxylation is 4. The van der Waals surface area contributed by atoms with E-state index in [1.54, 1.807) is 0 Å². The lowest BCUT2D eigenvalue weighted by Crippen LogP contribution is -2.35. The molecule has 1 saturated carbocycles. The molecular weight excluding hydrogens is 368 g/mol. The van der Waals surface area contributed by atoms with Crippen molar-refractivity contribution in [2.75, 3.05) is 16.8 Å². The normalized spacial score (nSPS) is 22.2. The van der Waals surface area contributed by atoms with Crippen molar-refractivity contribution in [3.8, 4) is 0 Å². The van der Waals surface area contributed by atoms with Crippen molar-refractivity contribution < 1.29 is 0 Å². The van der Waals surface area contributed by atoms with E-state index in [9.17, 15) is 0 Å². The minimum absolute atomic E-state index is 0.139. The number of nitrogens with zero attached hydrogens (tertiary/aromatic N) is 3. The maximum atomic E-state index is 5.03. The lowest BCUT2D eigenvalue weighted by molar-refractivity contribution is 0.628. The third kappa shape index (κ3) is 3.06. The van der Waals surface area contributed by atoms with Gasteiger partial charge in [-0.15, -0.1) is 0 Å². The minimum atomic E-state index is 0.139. The fourth-order valence-corrected chi connectivity index (χ4v) is 5.28. The van der Waals surface area contributed by atoms with Crippen molar-refractivity contribution in [2.24, 2.45) is 0 Å². The molecular formula is C26H30N4. The zero-order valence-corrected chi connectivity index (χ0v) is 18.6. The van der Waals surface area contributed by atoms with Crippen LogP contribution in [0.2, 0.25) is 0 Å². The minimum Gasteiger partial charge on any atom is -0.350 e. The SMILES string of the molecule is Cc1cc(C)c(Nc2nc(C)c3c(n2)N(C2(C)CC2c2ccccc2)CC3)c(C)c1. The number of hydrogen-bond donors (Lipinski definition) is 1. The summed E-state index contributed by atoms with van der Waals surface area (Å²) < 4.78 is 0. The molecule has 154 valence electrons. The summed E-state index contributed by atoms with van der Waals surface area (Å²) in [5, 5.41) is 3.52. The van der Waals surface area contributed by atoms with Crippen LogP contribution in [0.3, 0.4) is 0 Å². The second-order valence-corrected chi connectivity index (χ2v) is 9.26. The van der Waals surface area contributed by atoms with Crippen molar-refractivity contribution in [3.05, 3.63) is 76.0 Å². The van der Waals surface area contributed by atoms with E-state index in [0.29, 0.717) is 11.9 Å². The van der Waals surface area contributed by atoms with Crippen LogP contribution in [0.5, 0.6) is 0 Å². The molecule has 0 saturated heterocycles. The summed E-state index contributed by atoms with van der Waals surface area (Å²) >= 11 is 0. The van der Waals surface area contributed by atoms with Crippen molar-refractivity contribution in [1.82, 2.24) is 9.97 Å². The first-order chi connectivity index (χ1) is 14.4. The molecule has 1 fully saturated rings. The first kappa shape index (κ1) is 19.1. The fraction of sp³-hybridized carbons (Fsp3) is 0.385. The quantitative estimate of drug-likeness (QED) is 0.606. The van der Waals surface area contributed by atoms with E-state index in [-0.39, 0.29) is 5.54 Å². The fourth-order valence-electron chi connectivity index (χ4n) is 5.28. The van der Waals surface area contributed by atoms with Crippen LogP contribution in [0, 0.1) is 27.7 Å². The Morgan fingerprint density at radius 3 is 2.40 bits per heavy atom. The summed E-state index contributed by atoms with van der Waals surface area (Å²) in [5.41, 5.74) is 8.81. The summed E-state index contributed by atoms with van der Waals surface area (Å²) in [6.07, 6.45) is 2.21. The topological polar surface area (TPSA) is 41.1 Å². The summed E-state index contributed by atoms with van der Waals surface area (Å²) in [6, 6.07) is 15.3. The summed E-state index contributed by atoms with van der Waals surface area (Å²) in [7, 11) is 0. The van der Waals surface area contributed by atoms with Crippen LogP contribution in [0.1, 0.15) is 52.8 Å². The van der Waals surface area contributed by atoms with Gasteiger partial charge in [-0.25, -0.2) is 4.98 Å². The molecule has 3 aromatic rings. The number of hydrogen-bond acceptors (Lipinski definition) is 4. The molecule has 0 radical (unpaired) electrons. The van der Waals surface area contributed by atoms with Gasteiger partial charge >= 0.3 is 0 Å². The highest BCUT2D eigenvalue weighted by Crippen LogP contribution is 2.57. The maximum Gasteiger partial charge on any atom is 0.229 e. The largest absolute Gasteiger partial charge is 0.350 e. The number of benzene rings is 2. The Kier molecular flexibility index (Phi) is 4.35. The Labute approximate surface area is 179 Å². The highest BCUT2D eigenvalue weighted by atomic mass is 15.3. The summed E-state index contributed by atoms with van der Waals surface area (Å²) in [6.45, 7) is 12.0. The number of nitrogens with one attached hydrogen (secondary N) is 1. The zero-order valence-electron chi connectivity index (χ0n) is 18.6. The van der Waals surface area contributed by atoms with E-state index >= 15 is 0 Å². The van der Waals surface area contributed by atoms with Gasteiger partial charge in [0.15, 0.2) is 0 Å². The van der Waals surface area contributed by atoms with Crippen molar-refractivity contribution >= 4 is 17.5 Å². The Bertz CT molecular complexity index is 1100. The smallest absolute Gasteiger partial charge is 0.229 e. The lowest BCUT2D eigenvalue weighted by atomic mass is 10.1. The van der Waals surface area contributed by atoms with Crippen LogP contribution in [0.4, 0.5) is 17.5 Å². The molecule has 1 aromatic heterocycles. The van der Waals surface area contributed by atoms with E-state index in [1.165, 1.54) is 34.2 Å². The molecule has 2 atom stereocenters. The average molecular weight is 399 g/mol. The monoisotopic (exact) mass is 398 g/mol. The highest BCUT2D eigenvalue weighted by Gasteiger charge is 2.56. The van der Waals surface area contributed by atoms with Gasteiger partial charge in [-0.2, -0.15) is 4.98 Å². The van der Waals surface area contributed by atoms with E-state index in [2.05, 4.69) is 87.3 Å². The number of aromatic nitrogens is 2. The molecule has 0 bridgehead atoms. The van der Waals surface area contributed by atoms with E-state index in [0.717, 1.165) is 30.2 Å². The second kappa shape index (κ2) is 6.83. The first-order valence-electron chi connectivity index (χ1n) is 10.9. The van der Waals surface area contributed by atoms with Crippen LogP contribution in [-0.2, 0) is 6.42 Å². The average Bonchev–Trinajstić information content (AvgIpc) is 3.20. The zero-order chi connectivity index (χ0) is 21.0. The molecule has 4 heteroatoms. The number of fused-ring (bicyclic) bond motifs is 1. The highest BCUT2D eigenvalue weighted by molar-refractivity contribution is 5.67. The van der Waals surface area contributed by atoms with E-state index in [1.807, 2.05) is 0 Å². The van der Waals surface area contributed by atoms with Gasteiger partial charge in [0.25, 0.3) is 0 Å². The van der Waals surface area contributed by atoms with E-state index < -0.39 is 0 Å². The molecule has 2 heterocycles. The standard InChI is InChI=1S/C26H30N4/c1-16-13-17(2)23(18(3)14-16)28-25-27-19(4)21-11-12-30(24(21)29-25)26(5)15-22(26)20-9-7-6-8-10-20/h6-10,13-14,22H,11-12,15H2,1-5H3,(H,27,28,29). The number of rotatable bonds is 4. The molecule has 5 rings (SSSR count). The lowest BCUT2D eigenvalue weighted by Gasteiger charge is -2.28. The van der Waals surface area contributed by atoms with Crippen molar-refractivity contribution in [2.45, 2.75) is 58.9 Å². The van der Waals surface area contributed by atoms with Crippen LogP contribution in [0.15, 0.2) is 42.5 Å². The molecule has 2 unspecified atom stereocenters. The second-order valence-electron chi connectivity index (χ2n) is 9.26. The van der Waals surface area contributed by atoms with Gasteiger partial charge in [0.05, 0.1) is 0 Å². The Hall–Kier alpha value is -2.88. The van der Waals surface area contributed by atoms with Gasteiger partial charge in [-0.05, 0) is 64.2 Å². The predicted molar refractivity (Wildman–Crippen MR) is 124 cm³/mol. The molecule has 4 nitrogen and oxygen atoms in total. The van der Waals surface area contributed by atoms with Crippen LogP contribution in [-0.4, -0.2) is 22.1 Å². The van der Waals surface area contributed by atoms with Crippen LogP contribution in [0.25, 0.3) is 0 Å². The number of anilines is 3. The molecule has 0 spiro atoms. The molecule has 1 aliphatic carbocycles. The predicted octanol–water partition coefficient (Wildman–Crippen LogP) is 5.76. The van der Waals surface area contributed by atoms with Gasteiger partial charge < -0.3 is 10.2 Å². The Morgan fingerprint density at radius 1 is 1.00 bits per heavy atom. The van der Waals surface area contributed by atoms with Gasteiger partial charge in [-0.1, -0.05) is 48.0 Å². The summed E-state index contributed by atoms with van der Waals surface area (Å²) in [5.74, 6) is 2.39. The third-order valence-corrected chi connectivity index (χ3v) is 6.97. The third-order valence-electron chi connectivity index (χ3n) is 6.97. The molecule has 1 aliphatic heterocycles. The van der Waals surface area contributed by atoms with Crippen LogP contribution >= 0.6 is 0 Å². The first-order valence-corrected chi connectivity index (χ1v) is 10.9. The van der Waals surface area contributed by atoms with Gasteiger partial charge in [0.2, 0.25) is 5.95 Å². The summed E-state index contributed by atoms with van der Waals surface area (Å²) in [4.78, 5) is 12.4. The van der Waals surface area contributed by atoms with Crippen molar-refractivity contribution in [1.29, 1.82) is 0 Å². The molecule has 30 heavy (non-hydrogen) atoms. The molecule has 2 aromatic carbocycles. The van der Waals surface area contributed by atoms with Gasteiger partial charge in [-0.3, -0.25) is 0 Å². The molecule has 1 N–H and O–H groups in total. The Balaban J connectivity index is 1.48. The van der Waals surface area contributed by atoms with Gasteiger partial charge in [0, 0.05) is 34.9 Å². The van der Waals surface area contributed by atoms with Crippen LogP contribution < -0.4 is 10.2 Å². The van der Waals surface area contributed by atoms with E-state index in [4.69, 9.17) is 9.97 Å². The molecule has 0 amide bonds. The Morgan fingerprint density at radius 2 is 1.70 bits per heavy atom. The maximum absolute atomic E-state index is 5.03.